The SMILES string of the molecule is CCc1ccc2cc(Br)ccc2c1.O=C(c1ccc2cc(CO)ccc2c1)C1CCCN(CC2CC2)C1. The summed E-state index contributed by atoms with van der Waals surface area (Å²) >= 11 is 3.47. The van der Waals surface area contributed by atoms with Crippen molar-refractivity contribution in [2.45, 2.75) is 45.6 Å². The highest BCUT2D eigenvalue weighted by atomic mass is 79.9. The van der Waals surface area contributed by atoms with Crippen LogP contribution in [0.25, 0.3) is 21.5 Å². The molecular weight excluding hydrogens is 522 g/mol. The number of aryl methyl sites for hydroxylation is 1. The maximum atomic E-state index is 12.9. The van der Waals surface area contributed by atoms with Crippen LogP contribution in [0.1, 0.15) is 54.1 Å². The van der Waals surface area contributed by atoms with E-state index in [2.05, 4.69) is 64.2 Å². The molecule has 3 nitrogen and oxygen atoms in total. The Balaban J connectivity index is 0.000000182. The normalized spacial score (nSPS) is 18.0. The third-order valence-electron chi connectivity index (χ3n) is 7.74. The van der Waals surface area contributed by atoms with Gasteiger partial charge in [-0.2, -0.15) is 0 Å². The maximum Gasteiger partial charge on any atom is 0.167 e. The second-order valence-corrected chi connectivity index (χ2v) is 11.6. The molecule has 4 aromatic carbocycles. The van der Waals surface area contributed by atoms with Crippen LogP contribution in [0.15, 0.2) is 77.3 Å². The third kappa shape index (κ3) is 6.67. The number of carbonyl (C=O) groups is 1. The standard InChI is InChI=1S/C21H25NO2.C12H11Br/c23-14-16-5-6-18-11-19(8-7-17(18)10-16)21(24)20-2-1-9-22(13-20)12-15-3-4-15;1-2-9-3-4-11-8-12(13)6-5-10(11)7-9/h5-8,10-11,15,20,23H,1-4,9,12-14H2;3-8H,2H2,1H3. The van der Waals surface area contributed by atoms with Crippen molar-refractivity contribution < 1.29 is 9.90 Å². The Morgan fingerprint density at radius 1 is 0.865 bits per heavy atom. The van der Waals surface area contributed by atoms with E-state index >= 15 is 0 Å². The van der Waals surface area contributed by atoms with Crippen LogP contribution < -0.4 is 0 Å². The van der Waals surface area contributed by atoms with Gasteiger partial charge in [0, 0.05) is 29.0 Å². The molecule has 0 amide bonds. The lowest BCUT2D eigenvalue weighted by Crippen LogP contribution is -2.39. The highest BCUT2D eigenvalue weighted by Crippen LogP contribution is 2.32. The van der Waals surface area contributed by atoms with Gasteiger partial charge in [0.05, 0.1) is 6.61 Å². The number of hydrogen-bond donors (Lipinski definition) is 1. The maximum absolute atomic E-state index is 12.9. The molecule has 1 N–H and O–H groups in total. The Morgan fingerprint density at radius 2 is 1.51 bits per heavy atom. The first-order valence-corrected chi connectivity index (χ1v) is 14.4. The molecule has 1 atom stereocenters. The number of aliphatic hydroxyl groups is 1. The van der Waals surface area contributed by atoms with Crippen LogP contribution in [0, 0.1) is 11.8 Å². The molecular formula is C33H36BrNO2. The average molecular weight is 559 g/mol. The number of benzene rings is 4. The fraction of sp³-hybridized carbons (Fsp3) is 0.364. The number of fused-ring (bicyclic) bond motifs is 2. The predicted octanol–water partition coefficient (Wildman–Crippen LogP) is 7.80. The number of rotatable bonds is 6. The van der Waals surface area contributed by atoms with E-state index < -0.39 is 0 Å². The van der Waals surface area contributed by atoms with Crippen molar-refractivity contribution in [1.82, 2.24) is 4.90 Å². The van der Waals surface area contributed by atoms with Gasteiger partial charge >= 0.3 is 0 Å². The molecule has 2 aliphatic rings. The van der Waals surface area contributed by atoms with Crippen molar-refractivity contribution in [3.8, 4) is 0 Å². The first-order chi connectivity index (χ1) is 18.0. The number of aliphatic hydroxyl groups excluding tert-OH is 1. The van der Waals surface area contributed by atoms with Crippen LogP contribution in [0.5, 0.6) is 0 Å². The highest BCUT2D eigenvalue weighted by molar-refractivity contribution is 9.10. The summed E-state index contributed by atoms with van der Waals surface area (Å²) in [6.45, 7) is 5.50. The molecule has 2 fully saturated rings. The second-order valence-electron chi connectivity index (χ2n) is 10.6. The van der Waals surface area contributed by atoms with Gasteiger partial charge in [0.25, 0.3) is 0 Å². The molecule has 1 heterocycles. The third-order valence-corrected chi connectivity index (χ3v) is 8.23. The number of hydrogen-bond acceptors (Lipinski definition) is 3. The lowest BCUT2D eigenvalue weighted by molar-refractivity contribution is 0.0815. The van der Waals surface area contributed by atoms with Gasteiger partial charge in [0.2, 0.25) is 0 Å². The zero-order valence-electron chi connectivity index (χ0n) is 21.6. The van der Waals surface area contributed by atoms with Crippen LogP contribution in [0.4, 0.5) is 0 Å². The molecule has 4 aromatic rings. The van der Waals surface area contributed by atoms with E-state index in [9.17, 15) is 9.90 Å². The fourth-order valence-corrected chi connectivity index (χ4v) is 5.75. The van der Waals surface area contributed by atoms with Gasteiger partial charge in [0.1, 0.15) is 0 Å². The van der Waals surface area contributed by atoms with Gasteiger partial charge in [-0.25, -0.2) is 0 Å². The summed E-state index contributed by atoms with van der Waals surface area (Å²) in [6.07, 6.45) is 6.00. The van der Waals surface area contributed by atoms with Gasteiger partial charge in [-0.3, -0.25) is 4.79 Å². The van der Waals surface area contributed by atoms with Crippen molar-refractivity contribution in [3.05, 3.63) is 94.0 Å². The monoisotopic (exact) mass is 557 g/mol. The number of halogens is 1. The summed E-state index contributed by atoms with van der Waals surface area (Å²) in [5.74, 6) is 1.33. The Bertz CT molecular complexity index is 1390. The largest absolute Gasteiger partial charge is 0.392 e. The summed E-state index contributed by atoms with van der Waals surface area (Å²) < 4.78 is 1.14. The second kappa shape index (κ2) is 11.9. The molecule has 1 aliphatic heterocycles. The minimum atomic E-state index is 0.0511. The molecule has 1 aliphatic carbocycles. The van der Waals surface area contributed by atoms with E-state index in [0.29, 0.717) is 5.78 Å². The lowest BCUT2D eigenvalue weighted by atomic mass is 9.89. The van der Waals surface area contributed by atoms with Crippen molar-refractivity contribution in [1.29, 1.82) is 0 Å². The van der Waals surface area contributed by atoms with Gasteiger partial charge in [-0.15, -0.1) is 0 Å². The first kappa shape index (κ1) is 26.1. The van der Waals surface area contributed by atoms with E-state index in [1.807, 2.05) is 36.4 Å². The Hall–Kier alpha value is -2.53. The topological polar surface area (TPSA) is 40.5 Å². The Morgan fingerprint density at radius 3 is 2.24 bits per heavy atom. The first-order valence-electron chi connectivity index (χ1n) is 13.6. The number of Topliss-reactive ketones (excluding diaryl/α,β-unsaturated/α-hetero) is 1. The average Bonchev–Trinajstić information content (AvgIpc) is 3.76. The summed E-state index contributed by atoms with van der Waals surface area (Å²) in [5.41, 5.74) is 3.14. The van der Waals surface area contributed by atoms with Gasteiger partial charge in [-0.05, 0) is 102 Å². The van der Waals surface area contributed by atoms with Crippen molar-refractivity contribution in [2.75, 3.05) is 19.6 Å². The minimum absolute atomic E-state index is 0.0511. The predicted molar refractivity (Wildman–Crippen MR) is 157 cm³/mol. The Kier molecular flexibility index (Phi) is 8.39. The van der Waals surface area contributed by atoms with Gasteiger partial charge in [-0.1, -0.05) is 71.4 Å². The van der Waals surface area contributed by atoms with E-state index in [0.717, 1.165) is 64.6 Å². The van der Waals surface area contributed by atoms with Gasteiger partial charge in [0.15, 0.2) is 5.78 Å². The minimum Gasteiger partial charge on any atom is -0.392 e. The van der Waals surface area contributed by atoms with Crippen LogP contribution in [-0.4, -0.2) is 35.4 Å². The lowest BCUT2D eigenvalue weighted by Gasteiger charge is -2.32. The molecule has 0 bridgehead atoms. The van der Waals surface area contributed by atoms with Crippen molar-refractivity contribution in [2.24, 2.45) is 11.8 Å². The molecule has 6 rings (SSSR count). The molecule has 4 heteroatoms. The Labute approximate surface area is 228 Å². The number of ketones is 1. The zero-order chi connectivity index (χ0) is 25.8. The molecule has 1 saturated heterocycles. The van der Waals surface area contributed by atoms with Crippen LogP contribution in [-0.2, 0) is 13.0 Å². The number of piperidine rings is 1. The van der Waals surface area contributed by atoms with E-state index in [4.69, 9.17) is 0 Å². The zero-order valence-corrected chi connectivity index (χ0v) is 23.2. The summed E-state index contributed by atoms with van der Waals surface area (Å²) in [7, 11) is 0. The molecule has 37 heavy (non-hydrogen) atoms. The molecule has 1 unspecified atom stereocenters. The fourth-order valence-electron chi connectivity index (χ4n) is 5.37. The molecule has 192 valence electrons. The van der Waals surface area contributed by atoms with Crippen LogP contribution >= 0.6 is 15.9 Å². The summed E-state index contributed by atoms with van der Waals surface area (Å²) in [5, 5.41) is 14.0. The van der Waals surface area contributed by atoms with E-state index in [1.165, 1.54) is 35.7 Å². The molecule has 0 radical (unpaired) electrons. The molecule has 0 spiro atoms. The van der Waals surface area contributed by atoms with E-state index in [1.54, 1.807) is 0 Å². The number of carbonyl (C=O) groups excluding carboxylic acids is 1. The van der Waals surface area contributed by atoms with Crippen LogP contribution in [0.3, 0.4) is 0 Å². The summed E-state index contributed by atoms with van der Waals surface area (Å²) in [4.78, 5) is 15.4. The molecule has 1 saturated carbocycles. The van der Waals surface area contributed by atoms with E-state index in [-0.39, 0.29) is 12.5 Å². The number of nitrogens with zero attached hydrogens (tertiary/aromatic N) is 1. The quantitative estimate of drug-likeness (QED) is 0.246. The van der Waals surface area contributed by atoms with Crippen molar-refractivity contribution in [3.63, 3.8) is 0 Å². The van der Waals surface area contributed by atoms with Gasteiger partial charge < -0.3 is 10.0 Å². The number of likely N-dealkylation sites (tertiary alicyclic amines) is 1. The van der Waals surface area contributed by atoms with Crippen LogP contribution in [0.2, 0.25) is 0 Å². The highest BCUT2D eigenvalue weighted by Gasteiger charge is 2.30. The smallest absolute Gasteiger partial charge is 0.167 e. The molecule has 0 aromatic heterocycles. The summed E-state index contributed by atoms with van der Waals surface area (Å²) in [6, 6.07) is 24.9. The van der Waals surface area contributed by atoms with Crippen molar-refractivity contribution >= 4 is 43.3 Å².